The molecule has 1 nitrogen and oxygen atoms in total. The van der Waals surface area contributed by atoms with Crippen LogP contribution >= 0.6 is 12.6 Å². The van der Waals surface area contributed by atoms with Crippen molar-refractivity contribution in [2.75, 3.05) is 0 Å². The molecule has 0 aromatic heterocycles. The lowest BCUT2D eigenvalue weighted by molar-refractivity contribution is -0.107. The van der Waals surface area contributed by atoms with Crippen molar-refractivity contribution in [1.29, 1.82) is 0 Å². The lowest BCUT2D eigenvalue weighted by Gasteiger charge is -2.02. The molecule has 2 heteroatoms. The summed E-state index contributed by atoms with van der Waals surface area (Å²) in [6.07, 6.45) is 1.58. The summed E-state index contributed by atoms with van der Waals surface area (Å²) in [6, 6.07) is 8.14. The standard InChI is InChI=1S/C10H12OS/c1-8-2-4-9(5-3-8)6-10(12)7-11/h2-5,7,10,12H,6H2,1H3/t10-/m0/s1. The molecule has 64 valence electrons. The van der Waals surface area contributed by atoms with E-state index in [-0.39, 0.29) is 5.25 Å². The number of rotatable bonds is 3. The molecule has 0 saturated heterocycles. The number of carbonyl (C=O) groups is 1. The van der Waals surface area contributed by atoms with Gasteiger partial charge in [-0.05, 0) is 18.9 Å². The number of thiol groups is 1. The van der Waals surface area contributed by atoms with Crippen LogP contribution in [0.2, 0.25) is 0 Å². The van der Waals surface area contributed by atoms with Crippen LogP contribution in [-0.4, -0.2) is 11.5 Å². The van der Waals surface area contributed by atoms with Gasteiger partial charge in [-0.1, -0.05) is 29.8 Å². The number of benzene rings is 1. The van der Waals surface area contributed by atoms with Crippen molar-refractivity contribution in [3.63, 3.8) is 0 Å². The zero-order valence-corrected chi connectivity index (χ0v) is 7.92. The van der Waals surface area contributed by atoms with Gasteiger partial charge < -0.3 is 4.79 Å². The summed E-state index contributed by atoms with van der Waals surface area (Å²) in [7, 11) is 0. The summed E-state index contributed by atoms with van der Waals surface area (Å²) in [4.78, 5) is 10.3. The van der Waals surface area contributed by atoms with Crippen molar-refractivity contribution >= 4 is 18.9 Å². The van der Waals surface area contributed by atoms with E-state index in [9.17, 15) is 4.79 Å². The first-order chi connectivity index (χ1) is 5.72. The molecule has 12 heavy (non-hydrogen) atoms. The summed E-state index contributed by atoms with van der Waals surface area (Å²) in [5.41, 5.74) is 2.40. The van der Waals surface area contributed by atoms with E-state index < -0.39 is 0 Å². The quantitative estimate of drug-likeness (QED) is 0.556. The summed E-state index contributed by atoms with van der Waals surface area (Å²) < 4.78 is 0. The van der Waals surface area contributed by atoms with Crippen LogP contribution in [0.1, 0.15) is 11.1 Å². The molecule has 0 unspecified atom stereocenters. The summed E-state index contributed by atoms with van der Waals surface area (Å²) in [5, 5.41) is -0.173. The molecule has 1 rings (SSSR count). The summed E-state index contributed by atoms with van der Waals surface area (Å²) in [5.74, 6) is 0. The van der Waals surface area contributed by atoms with Crippen molar-refractivity contribution < 1.29 is 4.79 Å². The van der Waals surface area contributed by atoms with Gasteiger partial charge in [0.2, 0.25) is 0 Å². The fourth-order valence-corrected chi connectivity index (χ4v) is 1.22. The lowest BCUT2D eigenvalue weighted by Crippen LogP contribution is -2.03. The Morgan fingerprint density at radius 3 is 2.50 bits per heavy atom. The van der Waals surface area contributed by atoms with Crippen molar-refractivity contribution in [2.24, 2.45) is 0 Å². The highest BCUT2D eigenvalue weighted by atomic mass is 32.1. The van der Waals surface area contributed by atoms with Crippen molar-refractivity contribution in [2.45, 2.75) is 18.6 Å². The monoisotopic (exact) mass is 180 g/mol. The number of hydrogen-bond acceptors (Lipinski definition) is 2. The molecule has 0 amide bonds. The van der Waals surface area contributed by atoms with Gasteiger partial charge in [-0.3, -0.25) is 0 Å². The first-order valence-corrected chi connectivity index (χ1v) is 4.43. The summed E-state index contributed by atoms with van der Waals surface area (Å²) >= 11 is 4.10. The molecular weight excluding hydrogens is 168 g/mol. The Kier molecular flexibility index (Phi) is 3.35. The second-order valence-electron chi connectivity index (χ2n) is 2.89. The molecule has 0 fully saturated rings. The number of carbonyl (C=O) groups excluding carboxylic acids is 1. The van der Waals surface area contributed by atoms with Crippen LogP contribution in [0.3, 0.4) is 0 Å². The van der Waals surface area contributed by atoms with Gasteiger partial charge in [-0.2, -0.15) is 12.6 Å². The predicted molar refractivity (Wildman–Crippen MR) is 53.7 cm³/mol. The van der Waals surface area contributed by atoms with Crippen LogP contribution in [0, 0.1) is 6.92 Å². The Labute approximate surface area is 78.2 Å². The second-order valence-corrected chi connectivity index (χ2v) is 3.56. The zero-order chi connectivity index (χ0) is 8.97. The Hall–Kier alpha value is -0.760. The molecule has 0 heterocycles. The topological polar surface area (TPSA) is 17.1 Å². The first-order valence-electron chi connectivity index (χ1n) is 3.91. The van der Waals surface area contributed by atoms with Crippen LogP contribution < -0.4 is 0 Å². The Balaban J connectivity index is 2.64. The zero-order valence-electron chi connectivity index (χ0n) is 7.03. The average Bonchev–Trinajstić information content (AvgIpc) is 2.09. The van der Waals surface area contributed by atoms with Gasteiger partial charge in [0.15, 0.2) is 0 Å². The van der Waals surface area contributed by atoms with E-state index >= 15 is 0 Å². The molecule has 1 aromatic rings. The highest BCUT2D eigenvalue weighted by molar-refractivity contribution is 7.81. The van der Waals surface area contributed by atoms with E-state index in [2.05, 4.69) is 12.6 Å². The molecule has 0 bridgehead atoms. The molecular formula is C10H12OS. The van der Waals surface area contributed by atoms with Crippen LogP contribution in [0.25, 0.3) is 0 Å². The molecule has 1 atom stereocenters. The minimum absolute atomic E-state index is 0.173. The molecule has 0 aliphatic heterocycles. The van der Waals surface area contributed by atoms with E-state index in [1.165, 1.54) is 5.56 Å². The van der Waals surface area contributed by atoms with Crippen LogP contribution in [0.15, 0.2) is 24.3 Å². The van der Waals surface area contributed by atoms with Gasteiger partial charge in [0.05, 0.1) is 5.25 Å². The number of hydrogen-bond donors (Lipinski definition) is 1. The van der Waals surface area contributed by atoms with Crippen LogP contribution in [-0.2, 0) is 11.2 Å². The molecule has 1 aromatic carbocycles. The highest BCUT2D eigenvalue weighted by Gasteiger charge is 2.01. The minimum atomic E-state index is -0.173. The van der Waals surface area contributed by atoms with Crippen LogP contribution in [0.5, 0.6) is 0 Å². The Morgan fingerprint density at radius 2 is 2.00 bits per heavy atom. The maximum Gasteiger partial charge on any atom is 0.133 e. The highest BCUT2D eigenvalue weighted by Crippen LogP contribution is 2.07. The van der Waals surface area contributed by atoms with E-state index in [0.717, 1.165) is 11.8 Å². The van der Waals surface area contributed by atoms with Gasteiger partial charge in [0.1, 0.15) is 6.29 Å². The summed E-state index contributed by atoms with van der Waals surface area (Å²) in [6.45, 7) is 2.04. The normalized spacial score (nSPS) is 12.5. The Bertz CT molecular complexity index is 253. The lowest BCUT2D eigenvalue weighted by atomic mass is 10.1. The third kappa shape index (κ3) is 2.70. The average molecular weight is 180 g/mol. The molecule has 0 aliphatic rings. The smallest absolute Gasteiger partial charge is 0.133 e. The second kappa shape index (κ2) is 4.31. The molecule has 0 spiro atoms. The molecule has 0 saturated carbocycles. The van der Waals surface area contributed by atoms with Gasteiger partial charge in [-0.15, -0.1) is 0 Å². The van der Waals surface area contributed by atoms with E-state index in [1.807, 2.05) is 31.2 Å². The fraction of sp³-hybridized carbons (Fsp3) is 0.300. The first kappa shape index (κ1) is 9.33. The number of aldehydes is 1. The van der Waals surface area contributed by atoms with Gasteiger partial charge in [0, 0.05) is 0 Å². The molecule has 0 radical (unpaired) electrons. The van der Waals surface area contributed by atoms with Crippen LogP contribution in [0.4, 0.5) is 0 Å². The van der Waals surface area contributed by atoms with Crippen molar-refractivity contribution in [3.05, 3.63) is 35.4 Å². The third-order valence-electron chi connectivity index (χ3n) is 1.72. The van der Waals surface area contributed by atoms with Gasteiger partial charge in [0.25, 0.3) is 0 Å². The van der Waals surface area contributed by atoms with E-state index in [1.54, 1.807) is 0 Å². The maximum atomic E-state index is 10.3. The van der Waals surface area contributed by atoms with Gasteiger partial charge in [-0.25, -0.2) is 0 Å². The van der Waals surface area contributed by atoms with Crippen molar-refractivity contribution in [1.82, 2.24) is 0 Å². The van der Waals surface area contributed by atoms with E-state index in [4.69, 9.17) is 0 Å². The fourth-order valence-electron chi connectivity index (χ4n) is 1.01. The minimum Gasteiger partial charge on any atom is -0.302 e. The third-order valence-corrected chi connectivity index (χ3v) is 2.03. The maximum absolute atomic E-state index is 10.3. The van der Waals surface area contributed by atoms with Gasteiger partial charge >= 0.3 is 0 Å². The Morgan fingerprint density at radius 1 is 1.42 bits per heavy atom. The largest absolute Gasteiger partial charge is 0.302 e. The SMILES string of the molecule is Cc1ccc(C[C@H](S)C=O)cc1. The molecule has 0 N–H and O–H groups in total. The van der Waals surface area contributed by atoms with E-state index in [0.29, 0.717) is 6.42 Å². The molecule has 0 aliphatic carbocycles. The number of aryl methyl sites for hydroxylation is 1. The van der Waals surface area contributed by atoms with Crippen molar-refractivity contribution in [3.8, 4) is 0 Å². The predicted octanol–water partition coefficient (Wildman–Crippen LogP) is 2.03.